The topological polar surface area (TPSA) is 102 Å². The van der Waals surface area contributed by atoms with Crippen LogP contribution in [-0.2, 0) is 14.3 Å². The summed E-state index contributed by atoms with van der Waals surface area (Å²) in [5.41, 5.74) is 1.94. The Kier molecular flexibility index (Phi) is 8.71. The minimum Gasteiger partial charge on any atom is -0.507 e. The maximum Gasteiger partial charge on any atom is 0.338 e. The highest BCUT2D eigenvalue weighted by Crippen LogP contribution is 2.48. The number of carbonyl (C=O) groups is 3. The van der Waals surface area contributed by atoms with E-state index in [1.54, 1.807) is 24.3 Å². The van der Waals surface area contributed by atoms with Crippen LogP contribution in [0.4, 0.5) is 5.69 Å². The van der Waals surface area contributed by atoms with E-state index in [4.69, 9.17) is 37.4 Å². The molecule has 1 atom stereocenters. The van der Waals surface area contributed by atoms with Crippen molar-refractivity contribution in [2.75, 3.05) is 25.7 Å². The molecule has 4 rings (SSSR count). The Morgan fingerprint density at radius 1 is 1.00 bits per heavy atom. The van der Waals surface area contributed by atoms with Gasteiger partial charge in [-0.1, -0.05) is 60.0 Å². The number of hydrogen-bond donors (Lipinski definition) is 1. The third-order valence-electron chi connectivity index (χ3n) is 6.42. The average Bonchev–Trinajstić information content (AvgIpc) is 3.21. The number of methoxy groups -OCH3 is 2. The van der Waals surface area contributed by atoms with Crippen molar-refractivity contribution in [3.63, 3.8) is 0 Å². The van der Waals surface area contributed by atoms with Gasteiger partial charge >= 0.3 is 5.97 Å². The number of hydrogen-bond acceptors (Lipinski definition) is 7. The minimum absolute atomic E-state index is 0.00840. The molecule has 0 bridgehead atoms. The predicted octanol–water partition coefficient (Wildman–Crippen LogP) is 6.51. The quantitative estimate of drug-likeness (QED) is 0.139. The van der Waals surface area contributed by atoms with Gasteiger partial charge in [0.1, 0.15) is 10.8 Å². The normalized spacial score (nSPS) is 16.2. The van der Waals surface area contributed by atoms with Crippen molar-refractivity contribution in [3.05, 3.63) is 92.5 Å². The molecule has 0 aliphatic carbocycles. The number of halogens is 2. The summed E-state index contributed by atoms with van der Waals surface area (Å²) in [6.07, 6.45) is 0.681. The number of nitrogens with zero attached hydrogens (tertiary/aromatic N) is 1. The highest BCUT2D eigenvalue weighted by atomic mass is 35.5. The van der Waals surface area contributed by atoms with Gasteiger partial charge in [0.25, 0.3) is 11.7 Å². The third kappa shape index (κ3) is 5.24. The van der Waals surface area contributed by atoms with Crippen LogP contribution >= 0.6 is 23.2 Å². The van der Waals surface area contributed by atoms with Gasteiger partial charge in [-0.15, -0.1) is 0 Å². The number of aliphatic hydroxyl groups excluding tert-OH is 1. The van der Waals surface area contributed by atoms with Crippen LogP contribution in [0.5, 0.6) is 11.5 Å². The van der Waals surface area contributed by atoms with Crippen molar-refractivity contribution >= 4 is 52.3 Å². The van der Waals surface area contributed by atoms with Crippen molar-refractivity contribution in [2.45, 2.75) is 26.3 Å². The van der Waals surface area contributed by atoms with Crippen LogP contribution in [-0.4, -0.2) is 43.6 Å². The first-order chi connectivity index (χ1) is 19.1. The van der Waals surface area contributed by atoms with Gasteiger partial charge in [-0.05, 0) is 49.2 Å². The molecule has 1 saturated heterocycles. The smallest absolute Gasteiger partial charge is 0.338 e. The van der Waals surface area contributed by atoms with E-state index < -0.39 is 29.5 Å². The van der Waals surface area contributed by atoms with E-state index in [1.165, 1.54) is 37.3 Å². The molecule has 3 aromatic carbocycles. The summed E-state index contributed by atoms with van der Waals surface area (Å²) in [7, 11) is 2.72. The second-order valence-corrected chi connectivity index (χ2v) is 9.84. The van der Waals surface area contributed by atoms with Crippen LogP contribution in [0.2, 0.25) is 10.0 Å². The van der Waals surface area contributed by atoms with Gasteiger partial charge in [-0.2, -0.15) is 0 Å². The summed E-state index contributed by atoms with van der Waals surface area (Å²) in [6, 6.07) is 13.7. The van der Waals surface area contributed by atoms with Gasteiger partial charge in [-0.3, -0.25) is 14.5 Å². The van der Waals surface area contributed by atoms with E-state index in [0.29, 0.717) is 23.2 Å². The van der Waals surface area contributed by atoms with Gasteiger partial charge in [-0.25, -0.2) is 4.79 Å². The third-order valence-corrected chi connectivity index (χ3v) is 7.04. The van der Waals surface area contributed by atoms with Crippen LogP contribution in [0.3, 0.4) is 0 Å². The molecule has 1 aliphatic rings. The van der Waals surface area contributed by atoms with Crippen molar-refractivity contribution in [3.8, 4) is 11.5 Å². The molecule has 8 nitrogen and oxygen atoms in total. The average molecular weight is 584 g/mol. The second kappa shape index (κ2) is 12.0. The summed E-state index contributed by atoms with van der Waals surface area (Å²) in [5, 5.41) is 11.6. The van der Waals surface area contributed by atoms with Crippen molar-refractivity contribution in [1.29, 1.82) is 0 Å². The predicted molar refractivity (Wildman–Crippen MR) is 153 cm³/mol. The summed E-state index contributed by atoms with van der Waals surface area (Å²) in [4.78, 5) is 40.6. The molecule has 0 aromatic heterocycles. The van der Waals surface area contributed by atoms with Crippen LogP contribution in [0.25, 0.3) is 5.76 Å². The highest BCUT2D eigenvalue weighted by molar-refractivity contribution is 6.52. The number of aryl methyl sites for hydroxylation is 1. The summed E-state index contributed by atoms with van der Waals surface area (Å²) >= 11 is 12.8. The first kappa shape index (κ1) is 29.0. The Bertz CT molecular complexity index is 1520. The number of anilines is 1. The van der Waals surface area contributed by atoms with E-state index >= 15 is 0 Å². The molecule has 1 heterocycles. The molecule has 0 spiro atoms. The first-order valence-electron chi connectivity index (χ1n) is 12.4. The lowest BCUT2D eigenvalue weighted by molar-refractivity contribution is -0.132. The molecule has 1 unspecified atom stereocenters. The molecule has 0 radical (unpaired) electrons. The number of rotatable bonds is 8. The number of Topliss-reactive ketones (excluding diaryl/α,β-unsaturated/α-hetero) is 1. The molecule has 208 valence electrons. The zero-order valence-electron chi connectivity index (χ0n) is 22.3. The van der Waals surface area contributed by atoms with E-state index in [1.807, 2.05) is 26.0 Å². The monoisotopic (exact) mass is 583 g/mol. The maximum absolute atomic E-state index is 13.5. The van der Waals surface area contributed by atoms with Crippen molar-refractivity contribution < 1.29 is 33.7 Å². The Balaban J connectivity index is 1.92. The number of carbonyl (C=O) groups excluding carboxylic acids is 3. The van der Waals surface area contributed by atoms with Gasteiger partial charge < -0.3 is 19.3 Å². The summed E-state index contributed by atoms with van der Waals surface area (Å²) < 4.78 is 15.9. The summed E-state index contributed by atoms with van der Waals surface area (Å²) in [5.74, 6) is -2.64. The van der Waals surface area contributed by atoms with Crippen LogP contribution in [0, 0.1) is 6.92 Å². The number of ether oxygens (including phenoxy) is 3. The van der Waals surface area contributed by atoms with E-state index in [9.17, 15) is 19.5 Å². The van der Waals surface area contributed by atoms with Gasteiger partial charge in [0.05, 0.1) is 48.6 Å². The molecule has 0 saturated carbocycles. The van der Waals surface area contributed by atoms with E-state index in [0.717, 1.165) is 5.56 Å². The Morgan fingerprint density at radius 3 is 2.27 bits per heavy atom. The SMILES string of the molecule is CCCOC(=O)c1ccc(N2C(=O)C(=O)/C(=C(/O)c3cc(Cl)c(OC)c(Cl)c3OC)C2c2cccc(C)c2)cc1. The molecule has 40 heavy (non-hydrogen) atoms. The largest absolute Gasteiger partial charge is 0.507 e. The van der Waals surface area contributed by atoms with Crippen LogP contribution < -0.4 is 14.4 Å². The number of ketones is 1. The molecule has 1 amide bonds. The van der Waals surface area contributed by atoms with Crippen LogP contribution in [0.1, 0.15) is 46.4 Å². The van der Waals surface area contributed by atoms with Gasteiger partial charge in [0.15, 0.2) is 11.5 Å². The Morgan fingerprint density at radius 2 is 1.68 bits per heavy atom. The van der Waals surface area contributed by atoms with Crippen LogP contribution in [0.15, 0.2) is 60.2 Å². The fourth-order valence-corrected chi connectivity index (χ4v) is 5.27. The lowest BCUT2D eigenvalue weighted by atomic mass is 9.94. The molecular formula is C30H27Cl2NO7. The molecule has 10 heteroatoms. The lowest BCUT2D eigenvalue weighted by Crippen LogP contribution is -2.29. The Hall–Kier alpha value is -4.01. The minimum atomic E-state index is -1.01. The molecule has 1 aliphatic heterocycles. The molecular weight excluding hydrogens is 557 g/mol. The van der Waals surface area contributed by atoms with E-state index in [-0.39, 0.29) is 39.3 Å². The molecule has 1 fully saturated rings. The van der Waals surface area contributed by atoms with E-state index in [2.05, 4.69) is 0 Å². The lowest BCUT2D eigenvalue weighted by Gasteiger charge is -2.26. The van der Waals surface area contributed by atoms with Crippen molar-refractivity contribution in [1.82, 2.24) is 0 Å². The van der Waals surface area contributed by atoms with Gasteiger partial charge in [0, 0.05) is 5.69 Å². The number of benzene rings is 3. The van der Waals surface area contributed by atoms with Gasteiger partial charge in [0.2, 0.25) is 0 Å². The standard InChI is InChI=1S/C30H27Cl2NO7/c1-5-13-40-30(37)17-9-11-19(12-10-17)33-24(18-8-6-7-16(2)14-18)22(26(35)29(33)36)25(34)20-15-21(31)28(39-4)23(32)27(20)38-3/h6-12,14-15,24,34H,5,13H2,1-4H3/b25-22+. The molecule has 1 N–H and O–H groups in total. The second-order valence-electron chi connectivity index (χ2n) is 9.05. The maximum atomic E-state index is 13.5. The number of amides is 1. The number of esters is 1. The van der Waals surface area contributed by atoms with Crippen molar-refractivity contribution in [2.24, 2.45) is 0 Å². The first-order valence-corrected chi connectivity index (χ1v) is 13.1. The fraction of sp³-hybridized carbons (Fsp3) is 0.233. The number of aliphatic hydroxyl groups is 1. The fourth-order valence-electron chi connectivity index (χ4n) is 4.58. The zero-order valence-corrected chi connectivity index (χ0v) is 23.8. The molecule has 3 aromatic rings. The zero-order chi connectivity index (χ0) is 29.1. The highest BCUT2D eigenvalue weighted by Gasteiger charge is 2.47. The summed E-state index contributed by atoms with van der Waals surface area (Å²) in [6.45, 7) is 4.05. The Labute approximate surface area is 241 Å².